The highest BCUT2D eigenvalue weighted by molar-refractivity contribution is 7.18. The number of imidazole rings is 1. The van der Waals surface area contributed by atoms with Crippen LogP contribution in [0.2, 0.25) is 0 Å². The maximum Gasteiger partial charge on any atom is 0.261 e. The maximum absolute atomic E-state index is 12.7. The van der Waals surface area contributed by atoms with Gasteiger partial charge >= 0.3 is 0 Å². The molecule has 1 atom stereocenters. The molecule has 0 aliphatic carbocycles. The second kappa shape index (κ2) is 7.64. The van der Waals surface area contributed by atoms with Gasteiger partial charge in [0.15, 0.2) is 4.96 Å². The Kier molecular flexibility index (Phi) is 5.21. The van der Waals surface area contributed by atoms with Gasteiger partial charge in [0.05, 0.1) is 11.0 Å². The van der Waals surface area contributed by atoms with E-state index in [1.165, 1.54) is 36.7 Å². The topological polar surface area (TPSA) is 66.7 Å². The number of rotatable bonds is 4. The fourth-order valence-corrected chi connectivity index (χ4v) is 4.84. The number of nitrogens with zero attached hydrogens (tertiary/aromatic N) is 3. The van der Waals surface area contributed by atoms with Crippen molar-refractivity contribution in [2.75, 3.05) is 19.6 Å². The lowest BCUT2D eigenvalue weighted by atomic mass is 10.0. The molecule has 4 rings (SSSR count). The fourth-order valence-electron chi connectivity index (χ4n) is 3.90. The maximum atomic E-state index is 12.7. The number of benzene rings is 1. The normalized spacial score (nSPS) is 18.0. The summed E-state index contributed by atoms with van der Waals surface area (Å²) < 4.78 is 1.60. The summed E-state index contributed by atoms with van der Waals surface area (Å²) in [6.07, 6.45) is 3.73. The van der Waals surface area contributed by atoms with Crippen molar-refractivity contribution in [1.82, 2.24) is 19.6 Å². The second-order valence-corrected chi connectivity index (χ2v) is 8.75. The molecule has 1 saturated heterocycles. The van der Waals surface area contributed by atoms with Gasteiger partial charge in [0, 0.05) is 25.2 Å². The Labute approximate surface area is 168 Å². The molecule has 1 fully saturated rings. The van der Waals surface area contributed by atoms with Crippen molar-refractivity contribution >= 4 is 33.2 Å². The molecule has 3 heterocycles. The van der Waals surface area contributed by atoms with E-state index in [9.17, 15) is 9.59 Å². The number of fused-ring (bicyclic) bond motifs is 3. The van der Waals surface area contributed by atoms with Crippen LogP contribution >= 0.6 is 11.3 Å². The van der Waals surface area contributed by atoms with Gasteiger partial charge in [-0.05, 0) is 63.4 Å². The van der Waals surface area contributed by atoms with Crippen LogP contribution in [-0.2, 0) is 0 Å². The first-order valence-corrected chi connectivity index (χ1v) is 10.7. The van der Waals surface area contributed by atoms with E-state index in [-0.39, 0.29) is 11.5 Å². The zero-order valence-electron chi connectivity index (χ0n) is 16.6. The van der Waals surface area contributed by atoms with Gasteiger partial charge in [-0.2, -0.15) is 0 Å². The predicted molar refractivity (Wildman–Crippen MR) is 114 cm³/mol. The first-order chi connectivity index (χ1) is 13.4. The molecule has 1 aliphatic heterocycles. The first kappa shape index (κ1) is 19.1. The second-order valence-electron chi connectivity index (χ2n) is 7.74. The molecule has 3 aromatic rings. The highest BCUT2D eigenvalue weighted by atomic mass is 32.1. The molecule has 148 valence electrons. The Morgan fingerprint density at radius 3 is 2.82 bits per heavy atom. The lowest BCUT2D eigenvalue weighted by Crippen LogP contribution is -2.42. The Bertz CT molecular complexity index is 1100. The number of likely N-dealkylation sites (tertiary alicyclic amines) is 1. The van der Waals surface area contributed by atoms with Crippen LogP contribution in [0.25, 0.3) is 16.0 Å². The zero-order chi connectivity index (χ0) is 19.8. The van der Waals surface area contributed by atoms with E-state index in [4.69, 9.17) is 0 Å². The fraction of sp³-hybridized carbons (Fsp3) is 0.476. The largest absolute Gasteiger partial charge is 0.350 e. The van der Waals surface area contributed by atoms with Crippen molar-refractivity contribution in [2.45, 2.75) is 46.1 Å². The Balaban J connectivity index is 1.54. The van der Waals surface area contributed by atoms with Crippen molar-refractivity contribution in [3.63, 3.8) is 0 Å². The highest BCUT2D eigenvalue weighted by Crippen LogP contribution is 2.22. The quantitative estimate of drug-likeness (QED) is 0.733. The van der Waals surface area contributed by atoms with Gasteiger partial charge < -0.3 is 5.32 Å². The summed E-state index contributed by atoms with van der Waals surface area (Å²) in [6.45, 7) is 8.82. The smallest absolute Gasteiger partial charge is 0.261 e. The summed E-state index contributed by atoms with van der Waals surface area (Å²) in [5.74, 6) is -0.200. The molecule has 28 heavy (non-hydrogen) atoms. The van der Waals surface area contributed by atoms with Crippen molar-refractivity contribution in [1.29, 1.82) is 0 Å². The van der Waals surface area contributed by atoms with E-state index < -0.39 is 0 Å². The Hall–Kier alpha value is -2.25. The minimum absolute atomic E-state index is 0.200. The summed E-state index contributed by atoms with van der Waals surface area (Å²) in [5.41, 5.74) is 3.62. The molecule has 1 amide bonds. The lowest BCUT2D eigenvalue weighted by Gasteiger charge is -2.33. The van der Waals surface area contributed by atoms with Gasteiger partial charge in [-0.25, -0.2) is 4.98 Å². The average Bonchev–Trinajstić information content (AvgIpc) is 3.01. The van der Waals surface area contributed by atoms with E-state index in [1.54, 1.807) is 4.40 Å². The van der Waals surface area contributed by atoms with Crippen LogP contribution in [0, 0.1) is 13.8 Å². The predicted octanol–water partition coefficient (Wildman–Crippen LogP) is 3.13. The van der Waals surface area contributed by atoms with Crippen molar-refractivity contribution in [3.8, 4) is 0 Å². The molecule has 1 aromatic carbocycles. The molecule has 2 aromatic heterocycles. The number of hydrogen-bond donors (Lipinski definition) is 1. The van der Waals surface area contributed by atoms with Gasteiger partial charge in [-0.1, -0.05) is 17.8 Å². The molecule has 0 radical (unpaired) electrons. The number of hydrogen-bond acceptors (Lipinski definition) is 5. The van der Waals surface area contributed by atoms with E-state index in [1.807, 2.05) is 26.0 Å². The Morgan fingerprint density at radius 2 is 2.04 bits per heavy atom. The van der Waals surface area contributed by atoms with Gasteiger partial charge in [0.2, 0.25) is 0 Å². The number of piperidine rings is 1. The summed E-state index contributed by atoms with van der Waals surface area (Å²) in [4.78, 5) is 33.2. The summed E-state index contributed by atoms with van der Waals surface area (Å²) in [7, 11) is 0. The van der Waals surface area contributed by atoms with Crippen LogP contribution in [0.15, 0.2) is 23.0 Å². The minimum Gasteiger partial charge on any atom is -0.350 e. The van der Waals surface area contributed by atoms with Crippen LogP contribution in [0.3, 0.4) is 0 Å². The van der Waals surface area contributed by atoms with E-state index in [2.05, 4.69) is 22.1 Å². The zero-order valence-corrected chi connectivity index (χ0v) is 17.4. The molecule has 6 nitrogen and oxygen atoms in total. The summed E-state index contributed by atoms with van der Waals surface area (Å²) in [6, 6.07) is 5.97. The van der Waals surface area contributed by atoms with Crippen LogP contribution < -0.4 is 10.9 Å². The number of amides is 1. The van der Waals surface area contributed by atoms with Gasteiger partial charge in [-0.3, -0.25) is 18.9 Å². The van der Waals surface area contributed by atoms with Gasteiger partial charge in [0.1, 0.15) is 4.88 Å². The number of aromatic nitrogens is 2. The number of nitrogens with one attached hydrogen (secondary N) is 1. The van der Waals surface area contributed by atoms with E-state index in [0.29, 0.717) is 22.4 Å². The monoisotopic (exact) mass is 398 g/mol. The minimum atomic E-state index is -0.214. The van der Waals surface area contributed by atoms with Crippen molar-refractivity contribution in [2.24, 2.45) is 0 Å². The summed E-state index contributed by atoms with van der Waals surface area (Å²) >= 11 is 1.26. The van der Waals surface area contributed by atoms with E-state index >= 15 is 0 Å². The number of carbonyl (C=O) groups is 1. The SMILES string of the molecule is Cc1cc2nc3sc(C(=O)NCCN4CCCC[C@@H]4C)cc(=O)n3c2cc1C. The third-order valence-electron chi connectivity index (χ3n) is 5.76. The van der Waals surface area contributed by atoms with E-state index in [0.717, 1.165) is 35.2 Å². The Morgan fingerprint density at radius 1 is 1.25 bits per heavy atom. The third kappa shape index (κ3) is 3.56. The van der Waals surface area contributed by atoms with Gasteiger partial charge in [-0.15, -0.1) is 0 Å². The molecule has 1 aliphatic rings. The number of aryl methyl sites for hydroxylation is 2. The molecular weight excluding hydrogens is 372 g/mol. The molecule has 0 unspecified atom stereocenters. The molecule has 1 N–H and O–H groups in total. The molecule has 7 heteroatoms. The van der Waals surface area contributed by atoms with Gasteiger partial charge in [0.25, 0.3) is 11.5 Å². The standard InChI is InChI=1S/C21H26N4O2S/c1-13-10-16-17(11-14(13)2)25-19(26)12-18(28-21(25)23-16)20(27)22-7-9-24-8-5-4-6-15(24)3/h10-12,15H,4-9H2,1-3H3,(H,22,27)/t15-/m0/s1. The molecule has 0 spiro atoms. The van der Waals surface area contributed by atoms with Crippen molar-refractivity contribution in [3.05, 3.63) is 44.6 Å². The van der Waals surface area contributed by atoms with Crippen LogP contribution in [0.4, 0.5) is 0 Å². The highest BCUT2D eigenvalue weighted by Gasteiger charge is 2.18. The summed E-state index contributed by atoms with van der Waals surface area (Å²) in [5, 5.41) is 2.96. The molecule has 0 bridgehead atoms. The molecular formula is C21H26N4O2S. The van der Waals surface area contributed by atoms with Crippen LogP contribution in [-0.4, -0.2) is 45.9 Å². The van der Waals surface area contributed by atoms with Crippen molar-refractivity contribution < 1.29 is 4.79 Å². The third-order valence-corrected chi connectivity index (χ3v) is 6.74. The first-order valence-electron chi connectivity index (χ1n) is 9.90. The number of carbonyl (C=O) groups excluding carboxylic acids is 1. The lowest BCUT2D eigenvalue weighted by molar-refractivity contribution is 0.0942. The van der Waals surface area contributed by atoms with Crippen LogP contribution in [0.5, 0.6) is 0 Å². The molecule has 0 saturated carbocycles. The van der Waals surface area contributed by atoms with Crippen LogP contribution in [0.1, 0.15) is 47.0 Å². The average molecular weight is 399 g/mol.